The zero-order chi connectivity index (χ0) is 12.6. The Kier molecular flexibility index (Phi) is 3.23. The lowest BCUT2D eigenvalue weighted by molar-refractivity contribution is 0.142. The van der Waals surface area contributed by atoms with E-state index >= 15 is 0 Å². The van der Waals surface area contributed by atoms with Gasteiger partial charge in [0, 0.05) is 19.1 Å². The fourth-order valence-corrected chi connectivity index (χ4v) is 3.58. The Morgan fingerprint density at radius 3 is 2.24 bits per heavy atom. The van der Waals surface area contributed by atoms with Crippen LogP contribution in [0.5, 0.6) is 0 Å². The van der Waals surface area contributed by atoms with Gasteiger partial charge in [0.2, 0.25) is 0 Å². The van der Waals surface area contributed by atoms with Crippen LogP contribution < -0.4 is 0 Å². The third-order valence-corrected chi connectivity index (χ3v) is 5.29. The zero-order valence-electron chi connectivity index (χ0n) is 9.93. The van der Waals surface area contributed by atoms with E-state index in [1.165, 1.54) is 24.3 Å². The molecule has 2 rings (SSSR count). The molecule has 0 saturated carbocycles. The third-order valence-electron chi connectivity index (χ3n) is 3.19. The summed E-state index contributed by atoms with van der Waals surface area (Å²) < 4.78 is 37.0. The maximum Gasteiger partial charge on any atom is 0.183 e. The van der Waals surface area contributed by atoms with Crippen LogP contribution in [0.25, 0.3) is 0 Å². The van der Waals surface area contributed by atoms with Gasteiger partial charge in [-0.2, -0.15) is 0 Å². The lowest BCUT2D eigenvalue weighted by Gasteiger charge is -2.41. The molecule has 1 fully saturated rings. The average Bonchev–Trinajstić information content (AvgIpc) is 2.14. The summed E-state index contributed by atoms with van der Waals surface area (Å²) in [6, 6.07) is 5.41. The molecule has 17 heavy (non-hydrogen) atoms. The van der Waals surface area contributed by atoms with E-state index in [9.17, 15) is 12.8 Å². The van der Waals surface area contributed by atoms with Crippen molar-refractivity contribution >= 4 is 9.84 Å². The Morgan fingerprint density at radius 2 is 1.76 bits per heavy atom. The minimum atomic E-state index is -3.29. The standard InChI is InChI=1S/C12H16FNO2S/c1-9(2)14-7-12(8-14)17(15,16)11-5-3-10(13)4-6-11/h3-6,9,12H,7-8H2,1-2H3. The first-order valence-electron chi connectivity index (χ1n) is 5.65. The van der Waals surface area contributed by atoms with E-state index in [1.54, 1.807) is 0 Å². The number of nitrogens with zero attached hydrogens (tertiary/aromatic N) is 1. The number of likely N-dealkylation sites (tertiary alicyclic amines) is 1. The highest BCUT2D eigenvalue weighted by Gasteiger charge is 2.38. The molecule has 0 atom stereocenters. The lowest BCUT2D eigenvalue weighted by atomic mass is 10.1. The summed E-state index contributed by atoms with van der Waals surface area (Å²) in [7, 11) is -3.29. The molecule has 0 spiro atoms. The molecule has 1 aromatic rings. The third kappa shape index (κ3) is 2.35. The fraction of sp³-hybridized carbons (Fsp3) is 0.500. The molecule has 1 heterocycles. The van der Waals surface area contributed by atoms with Gasteiger partial charge in [0.15, 0.2) is 9.84 Å². The maximum absolute atomic E-state index is 12.7. The molecular formula is C12H16FNO2S. The second-order valence-electron chi connectivity index (χ2n) is 4.67. The van der Waals surface area contributed by atoms with Crippen molar-refractivity contribution in [3.05, 3.63) is 30.1 Å². The van der Waals surface area contributed by atoms with Gasteiger partial charge in [-0.15, -0.1) is 0 Å². The van der Waals surface area contributed by atoms with Gasteiger partial charge in [-0.3, -0.25) is 4.90 Å². The molecule has 0 unspecified atom stereocenters. The Labute approximate surface area is 101 Å². The molecule has 0 radical (unpaired) electrons. The SMILES string of the molecule is CC(C)N1CC(S(=O)(=O)c2ccc(F)cc2)C1. The summed E-state index contributed by atoms with van der Waals surface area (Å²) in [6.45, 7) is 5.22. The van der Waals surface area contributed by atoms with Gasteiger partial charge in [-0.1, -0.05) is 0 Å². The van der Waals surface area contributed by atoms with Gasteiger partial charge in [-0.05, 0) is 38.1 Å². The molecule has 94 valence electrons. The van der Waals surface area contributed by atoms with Crippen molar-refractivity contribution < 1.29 is 12.8 Å². The minimum Gasteiger partial charge on any atom is -0.298 e. The second kappa shape index (κ2) is 4.38. The van der Waals surface area contributed by atoms with Crippen molar-refractivity contribution in [2.75, 3.05) is 13.1 Å². The Hall–Kier alpha value is -0.940. The summed E-state index contributed by atoms with van der Waals surface area (Å²) in [5, 5.41) is -0.352. The molecule has 0 N–H and O–H groups in total. The van der Waals surface area contributed by atoms with Gasteiger partial charge < -0.3 is 0 Å². The predicted octanol–water partition coefficient (Wildman–Crippen LogP) is 1.69. The highest BCUT2D eigenvalue weighted by Crippen LogP contribution is 2.25. The molecule has 3 nitrogen and oxygen atoms in total. The van der Waals surface area contributed by atoms with Crippen LogP contribution in [0.1, 0.15) is 13.8 Å². The smallest absolute Gasteiger partial charge is 0.183 e. The van der Waals surface area contributed by atoms with Crippen molar-refractivity contribution in [1.82, 2.24) is 4.90 Å². The molecule has 0 aromatic heterocycles. The van der Waals surface area contributed by atoms with Crippen molar-refractivity contribution in [3.8, 4) is 0 Å². The van der Waals surface area contributed by atoms with E-state index in [2.05, 4.69) is 4.90 Å². The molecular weight excluding hydrogens is 241 g/mol. The van der Waals surface area contributed by atoms with Crippen molar-refractivity contribution in [3.63, 3.8) is 0 Å². The van der Waals surface area contributed by atoms with E-state index < -0.39 is 15.7 Å². The number of benzene rings is 1. The first-order valence-corrected chi connectivity index (χ1v) is 7.19. The van der Waals surface area contributed by atoms with Crippen LogP contribution >= 0.6 is 0 Å². The summed E-state index contributed by atoms with van der Waals surface area (Å²) in [4.78, 5) is 2.32. The molecule has 0 aliphatic carbocycles. The summed E-state index contributed by atoms with van der Waals surface area (Å²) in [6.07, 6.45) is 0. The van der Waals surface area contributed by atoms with Crippen LogP contribution in [0.4, 0.5) is 4.39 Å². The van der Waals surface area contributed by atoms with E-state index in [4.69, 9.17) is 0 Å². The normalized spacial score (nSPS) is 18.4. The number of hydrogen-bond acceptors (Lipinski definition) is 3. The van der Waals surface area contributed by atoms with Crippen LogP contribution in [0.15, 0.2) is 29.2 Å². The zero-order valence-corrected chi connectivity index (χ0v) is 10.7. The quantitative estimate of drug-likeness (QED) is 0.773. The van der Waals surface area contributed by atoms with Gasteiger partial charge in [0.25, 0.3) is 0 Å². The topological polar surface area (TPSA) is 37.4 Å². The van der Waals surface area contributed by atoms with Crippen LogP contribution in [-0.2, 0) is 9.84 Å². The number of halogens is 1. The Bertz CT molecular complexity index is 490. The largest absolute Gasteiger partial charge is 0.298 e. The highest BCUT2D eigenvalue weighted by atomic mass is 32.2. The van der Waals surface area contributed by atoms with Crippen LogP contribution in [-0.4, -0.2) is 37.7 Å². The Balaban J connectivity index is 2.13. The fourth-order valence-electron chi connectivity index (χ4n) is 1.90. The molecule has 0 amide bonds. The van der Waals surface area contributed by atoms with Crippen molar-refractivity contribution in [2.45, 2.75) is 30.0 Å². The van der Waals surface area contributed by atoms with Gasteiger partial charge in [0.05, 0.1) is 10.1 Å². The van der Waals surface area contributed by atoms with Gasteiger partial charge in [-0.25, -0.2) is 12.8 Å². The molecule has 1 aliphatic rings. The lowest BCUT2D eigenvalue weighted by Crippen LogP contribution is -2.56. The monoisotopic (exact) mass is 257 g/mol. The second-order valence-corrected chi connectivity index (χ2v) is 6.90. The Morgan fingerprint density at radius 1 is 1.24 bits per heavy atom. The summed E-state index contributed by atoms with van der Waals surface area (Å²) in [5.74, 6) is -0.415. The van der Waals surface area contributed by atoms with Crippen LogP contribution in [0, 0.1) is 5.82 Å². The molecule has 5 heteroatoms. The van der Waals surface area contributed by atoms with Crippen molar-refractivity contribution in [2.24, 2.45) is 0 Å². The summed E-state index contributed by atoms with van der Waals surface area (Å²) in [5.41, 5.74) is 0. The first kappa shape index (κ1) is 12.5. The van der Waals surface area contributed by atoms with E-state index in [1.807, 2.05) is 13.8 Å². The van der Waals surface area contributed by atoms with E-state index in [0.29, 0.717) is 19.1 Å². The highest BCUT2D eigenvalue weighted by molar-refractivity contribution is 7.92. The maximum atomic E-state index is 12.7. The minimum absolute atomic E-state index is 0.215. The first-order chi connectivity index (χ1) is 7.91. The van der Waals surface area contributed by atoms with Gasteiger partial charge >= 0.3 is 0 Å². The van der Waals surface area contributed by atoms with Crippen molar-refractivity contribution in [1.29, 1.82) is 0 Å². The number of sulfone groups is 1. The molecule has 0 bridgehead atoms. The summed E-state index contributed by atoms with van der Waals surface area (Å²) >= 11 is 0. The van der Waals surface area contributed by atoms with Crippen LogP contribution in [0.3, 0.4) is 0 Å². The van der Waals surface area contributed by atoms with Crippen LogP contribution in [0.2, 0.25) is 0 Å². The molecule has 1 aromatic carbocycles. The van der Waals surface area contributed by atoms with Gasteiger partial charge in [0.1, 0.15) is 5.82 Å². The number of hydrogen-bond donors (Lipinski definition) is 0. The molecule has 1 saturated heterocycles. The number of rotatable bonds is 3. The predicted molar refractivity (Wildman–Crippen MR) is 64.1 cm³/mol. The molecule has 1 aliphatic heterocycles. The van der Waals surface area contributed by atoms with E-state index in [-0.39, 0.29) is 10.1 Å². The van der Waals surface area contributed by atoms with E-state index in [0.717, 1.165) is 0 Å². The average molecular weight is 257 g/mol.